The quantitative estimate of drug-likeness (QED) is 0.700. The van der Waals surface area contributed by atoms with E-state index >= 15 is 0 Å². The number of hydrogen-bond acceptors (Lipinski definition) is 3. The molecule has 1 heterocycles. The highest BCUT2D eigenvalue weighted by molar-refractivity contribution is 5.88. The van der Waals surface area contributed by atoms with Crippen molar-refractivity contribution in [1.82, 2.24) is 0 Å². The number of aliphatic hydroxyl groups excluding tert-OH is 1. The standard InChI is InChI=1S/C19H28O3/c1-17-8-6-13-11(12(17)3-4-15(17)21)5-10-19-16(22-19)14(20)7-9-18(13,19)2/h11-13,15-16,21H,3-10H2,1-2H3/t11-,12-,13-,15+,16-,17-,18+,19-/m0/s1. The van der Waals surface area contributed by atoms with Gasteiger partial charge in [-0.25, -0.2) is 0 Å². The molecule has 0 bridgehead atoms. The van der Waals surface area contributed by atoms with Gasteiger partial charge in [-0.2, -0.15) is 0 Å². The molecule has 0 aromatic heterocycles. The summed E-state index contributed by atoms with van der Waals surface area (Å²) < 4.78 is 6.09. The SMILES string of the molecule is C[C@]12CC[C@H]3[C@@H](CC[C@]45O[C@H]4C(=O)CC[C@]35C)[C@@H]1CC[C@H]2O. The molecule has 3 heteroatoms. The van der Waals surface area contributed by atoms with Crippen molar-refractivity contribution in [2.24, 2.45) is 28.6 Å². The van der Waals surface area contributed by atoms with Gasteiger partial charge in [-0.15, -0.1) is 0 Å². The lowest BCUT2D eigenvalue weighted by Gasteiger charge is -2.59. The summed E-state index contributed by atoms with van der Waals surface area (Å²) >= 11 is 0. The first-order valence-electron chi connectivity index (χ1n) is 9.31. The van der Waals surface area contributed by atoms with E-state index in [2.05, 4.69) is 13.8 Å². The van der Waals surface area contributed by atoms with Crippen LogP contribution in [-0.2, 0) is 9.53 Å². The average Bonchev–Trinajstić information content (AvgIpc) is 3.17. The first kappa shape index (κ1) is 14.0. The smallest absolute Gasteiger partial charge is 0.164 e. The molecule has 5 fully saturated rings. The molecule has 1 spiro atoms. The first-order chi connectivity index (χ1) is 10.4. The number of Topliss-reactive ketones (excluding diaryl/α,β-unsaturated/α-hetero) is 1. The fourth-order valence-corrected chi connectivity index (χ4v) is 7.47. The molecule has 0 aromatic carbocycles. The Morgan fingerprint density at radius 2 is 1.86 bits per heavy atom. The Balaban J connectivity index is 1.51. The van der Waals surface area contributed by atoms with Gasteiger partial charge in [0.1, 0.15) is 11.7 Å². The number of rotatable bonds is 0. The van der Waals surface area contributed by atoms with E-state index in [4.69, 9.17) is 4.74 Å². The fourth-order valence-electron chi connectivity index (χ4n) is 7.47. The maximum absolute atomic E-state index is 12.1. The van der Waals surface area contributed by atoms with E-state index in [0.717, 1.165) is 38.0 Å². The van der Waals surface area contributed by atoms with Crippen LogP contribution in [0.2, 0.25) is 0 Å². The molecule has 0 radical (unpaired) electrons. The number of ether oxygens (including phenoxy) is 1. The number of hydrogen-bond donors (Lipinski definition) is 1. The molecule has 8 atom stereocenters. The third-order valence-electron chi connectivity index (χ3n) is 8.90. The Morgan fingerprint density at radius 1 is 1.05 bits per heavy atom. The lowest BCUT2D eigenvalue weighted by Crippen LogP contribution is -2.58. The van der Waals surface area contributed by atoms with Crippen LogP contribution in [-0.4, -0.2) is 28.7 Å². The Hall–Kier alpha value is -0.410. The minimum absolute atomic E-state index is 0.0744. The summed E-state index contributed by atoms with van der Waals surface area (Å²) in [6.07, 6.45) is 8.42. The highest BCUT2D eigenvalue weighted by Crippen LogP contribution is 2.72. The molecular formula is C19H28O3. The second-order valence-corrected chi connectivity index (χ2v) is 9.32. The second-order valence-electron chi connectivity index (χ2n) is 9.32. The topological polar surface area (TPSA) is 49.8 Å². The van der Waals surface area contributed by atoms with Gasteiger partial charge in [0.05, 0.1) is 6.10 Å². The van der Waals surface area contributed by atoms with Gasteiger partial charge in [0.15, 0.2) is 5.78 Å². The highest BCUT2D eigenvalue weighted by atomic mass is 16.6. The van der Waals surface area contributed by atoms with E-state index in [9.17, 15) is 9.90 Å². The van der Waals surface area contributed by atoms with E-state index in [1.165, 1.54) is 19.3 Å². The first-order valence-corrected chi connectivity index (χ1v) is 9.31. The zero-order valence-corrected chi connectivity index (χ0v) is 13.8. The van der Waals surface area contributed by atoms with Crippen LogP contribution in [0, 0.1) is 28.6 Å². The van der Waals surface area contributed by atoms with Crippen LogP contribution < -0.4 is 0 Å². The van der Waals surface area contributed by atoms with Gasteiger partial charge in [0.2, 0.25) is 0 Å². The number of carbonyl (C=O) groups excluding carboxylic acids is 1. The van der Waals surface area contributed by atoms with E-state index in [1.54, 1.807) is 0 Å². The molecule has 5 rings (SSSR count). The molecule has 5 aliphatic rings. The normalized spacial score (nSPS) is 62.7. The van der Waals surface area contributed by atoms with Gasteiger partial charge in [-0.1, -0.05) is 13.8 Å². The highest BCUT2D eigenvalue weighted by Gasteiger charge is 2.76. The van der Waals surface area contributed by atoms with Crippen molar-refractivity contribution < 1.29 is 14.6 Å². The summed E-state index contributed by atoms with van der Waals surface area (Å²) in [5, 5.41) is 10.5. The van der Waals surface area contributed by atoms with Crippen LogP contribution in [0.4, 0.5) is 0 Å². The average molecular weight is 304 g/mol. The van der Waals surface area contributed by atoms with Crippen molar-refractivity contribution >= 4 is 5.78 Å². The molecular weight excluding hydrogens is 276 g/mol. The molecule has 4 aliphatic carbocycles. The second kappa shape index (κ2) is 3.97. The van der Waals surface area contributed by atoms with Crippen LogP contribution in [0.1, 0.15) is 65.2 Å². The van der Waals surface area contributed by atoms with Gasteiger partial charge >= 0.3 is 0 Å². The van der Waals surface area contributed by atoms with Crippen LogP contribution in [0.25, 0.3) is 0 Å². The Kier molecular flexibility index (Phi) is 2.52. The number of fused-ring (bicyclic) bond motifs is 4. The van der Waals surface area contributed by atoms with Crippen molar-refractivity contribution in [2.75, 3.05) is 0 Å². The summed E-state index contributed by atoms with van der Waals surface area (Å²) in [5.74, 6) is 2.48. The zero-order chi connectivity index (χ0) is 15.3. The summed E-state index contributed by atoms with van der Waals surface area (Å²) in [4.78, 5) is 12.1. The van der Waals surface area contributed by atoms with Crippen molar-refractivity contribution in [2.45, 2.75) is 83.0 Å². The third-order valence-corrected chi connectivity index (χ3v) is 8.90. The summed E-state index contributed by atoms with van der Waals surface area (Å²) in [6, 6.07) is 0. The molecule has 3 nitrogen and oxygen atoms in total. The van der Waals surface area contributed by atoms with Crippen LogP contribution in [0.15, 0.2) is 0 Å². The van der Waals surface area contributed by atoms with Crippen molar-refractivity contribution in [3.63, 3.8) is 0 Å². The van der Waals surface area contributed by atoms with Gasteiger partial charge in [0.25, 0.3) is 0 Å². The predicted molar refractivity (Wildman–Crippen MR) is 82.2 cm³/mol. The molecule has 1 N–H and O–H groups in total. The minimum Gasteiger partial charge on any atom is -0.393 e. The van der Waals surface area contributed by atoms with Crippen molar-refractivity contribution in [3.05, 3.63) is 0 Å². The van der Waals surface area contributed by atoms with E-state index in [1.807, 2.05) is 0 Å². The lowest BCUT2D eigenvalue weighted by atomic mass is 9.45. The maximum atomic E-state index is 12.1. The third kappa shape index (κ3) is 1.36. The monoisotopic (exact) mass is 304 g/mol. The fraction of sp³-hybridized carbons (Fsp3) is 0.947. The summed E-state index contributed by atoms with van der Waals surface area (Å²) in [7, 11) is 0. The summed E-state index contributed by atoms with van der Waals surface area (Å²) in [6.45, 7) is 4.75. The van der Waals surface area contributed by atoms with Crippen molar-refractivity contribution in [1.29, 1.82) is 0 Å². The molecule has 0 aromatic rings. The lowest BCUT2D eigenvalue weighted by molar-refractivity contribution is -0.133. The van der Waals surface area contributed by atoms with Gasteiger partial charge in [-0.3, -0.25) is 4.79 Å². The summed E-state index contributed by atoms with van der Waals surface area (Å²) in [5.41, 5.74) is 0.244. The molecule has 1 saturated heterocycles. The van der Waals surface area contributed by atoms with Gasteiger partial charge < -0.3 is 9.84 Å². The van der Waals surface area contributed by atoms with Crippen LogP contribution in [0.3, 0.4) is 0 Å². The van der Waals surface area contributed by atoms with Gasteiger partial charge in [0, 0.05) is 11.8 Å². The van der Waals surface area contributed by atoms with Gasteiger partial charge in [-0.05, 0) is 68.1 Å². The Morgan fingerprint density at radius 3 is 2.68 bits per heavy atom. The van der Waals surface area contributed by atoms with Crippen LogP contribution in [0.5, 0.6) is 0 Å². The Bertz CT molecular complexity index is 545. The number of ketones is 1. The van der Waals surface area contributed by atoms with Crippen molar-refractivity contribution in [3.8, 4) is 0 Å². The number of carbonyl (C=O) groups is 1. The molecule has 22 heavy (non-hydrogen) atoms. The maximum Gasteiger partial charge on any atom is 0.164 e. The van der Waals surface area contributed by atoms with E-state index in [-0.39, 0.29) is 28.6 Å². The molecule has 4 saturated carbocycles. The zero-order valence-electron chi connectivity index (χ0n) is 13.8. The molecule has 0 unspecified atom stereocenters. The van der Waals surface area contributed by atoms with E-state index in [0.29, 0.717) is 17.6 Å². The Labute approximate surface area is 132 Å². The van der Waals surface area contributed by atoms with Crippen LogP contribution >= 0.6 is 0 Å². The molecule has 0 amide bonds. The molecule has 1 aliphatic heterocycles. The largest absolute Gasteiger partial charge is 0.393 e. The number of epoxide rings is 1. The van der Waals surface area contributed by atoms with E-state index < -0.39 is 0 Å². The molecule has 122 valence electrons. The predicted octanol–water partition coefficient (Wildman–Crippen LogP) is 3.09. The number of aliphatic hydroxyl groups is 1. The minimum atomic E-state index is -0.103.